The van der Waals surface area contributed by atoms with E-state index in [0.717, 1.165) is 45.6 Å². The highest BCUT2D eigenvalue weighted by molar-refractivity contribution is 5.93. The monoisotopic (exact) mass is 336 g/mol. The Hall–Kier alpha value is -2.33. The van der Waals surface area contributed by atoms with Crippen LogP contribution in [-0.4, -0.2) is 25.7 Å². The summed E-state index contributed by atoms with van der Waals surface area (Å²) >= 11 is 0. The van der Waals surface area contributed by atoms with Crippen molar-refractivity contribution in [3.8, 4) is 0 Å². The molecule has 4 heteroatoms. The maximum atomic E-state index is 11.4. The van der Waals surface area contributed by atoms with Crippen LogP contribution >= 0.6 is 0 Å². The number of ether oxygens (including phenoxy) is 1. The lowest BCUT2D eigenvalue weighted by Crippen LogP contribution is -2.29. The third kappa shape index (κ3) is 3.40. The third-order valence-electron chi connectivity index (χ3n) is 5.33. The molecule has 1 saturated heterocycles. The molecule has 0 aliphatic carbocycles. The van der Waals surface area contributed by atoms with E-state index in [4.69, 9.17) is 10.5 Å². The average Bonchev–Trinajstić information content (AvgIpc) is 3.17. The summed E-state index contributed by atoms with van der Waals surface area (Å²) in [6.45, 7) is 3.66. The van der Waals surface area contributed by atoms with Crippen LogP contribution in [0.15, 0.2) is 42.5 Å². The summed E-state index contributed by atoms with van der Waals surface area (Å²) in [5.74, 6) is 0.198. The molecule has 1 unspecified atom stereocenters. The van der Waals surface area contributed by atoms with Gasteiger partial charge in [-0.25, -0.2) is 0 Å². The molecular formula is C21H24N2O2. The zero-order valence-corrected chi connectivity index (χ0v) is 14.4. The average molecular weight is 336 g/mol. The number of anilines is 1. The van der Waals surface area contributed by atoms with E-state index in [-0.39, 0.29) is 5.91 Å². The lowest BCUT2D eigenvalue weighted by Gasteiger charge is -2.31. The molecule has 1 fully saturated rings. The Labute approximate surface area is 148 Å². The van der Waals surface area contributed by atoms with Crippen LogP contribution in [0.2, 0.25) is 0 Å². The smallest absolute Gasteiger partial charge is 0.248 e. The maximum Gasteiger partial charge on any atom is 0.248 e. The van der Waals surface area contributed by atoms with Crippen LogP contribution in [-0.2, 0) is 17.7 Å². The van der Waals surface area contributed by atoms with Gasteiger partial charge in [-0.1, -0.05) is 24.3 Å². The van der Waals surface area contributed by atoms with Crippen LogP contribution in [0.3, 0.4) is 0 Å². The second kappa shape index (κ2) is 6.89. The highest BCUT2D eigenvalue weighted by atomic mass is 16.5. The predicted octanol–water partition coefficient (Wildman–Crippen LogP) is 3.24. The number of fused-ring (bicyclic) bond motifs is 1. The van der Waals surface area contributed by atoms with Crippen molar-refractivity contribution in [1.82, 2.24) is 0 Å². The van der Waals surface area contributed by atoms with Gasteiger partial charge in [-0.2, -0.15) is 0 Å². The Balaban J connectivity index is 1.51. The van der Waals surface area contributed by atoms with Gasteiger partial charge in [0, 0.05) is 36.9 Å². The van der Waals surface area contributed by atoms with Crippen molar-refractivity contribution in [2.24, 2.45) is 5.73 Å². The fourth-order valence-electron chi connectivity index (χ4n) is 3.91. The van der Waals surface area contributed by atoms with E-state index in [1.165, 1.54) is 22.4 Å². The van der Waals surface area contributed by atoms with Gasteiger partial charge in [0.25, 0.3) is 0 Å². The second-order valence-electron chi connectivity index (χ2n) is 7.03. The molecule has 0 radical (unpaired) electrons. The molecule has 1 amide bonds. The van der Waals surface area contributed by atoms with Gasteiger partial charge in [-0.3, -0.25) is 4.79 Å². The number of primary amides is 1. The molecule has 0 saturated carbocycles. The SMILES string of the molecule is NC(=O)c1ccc2c(c1)CCCN2Cc1ccc(C2CCOC2)cc1. The van der Waals surface area contributed by atoms with Gasteiger partial charge >= 0.3 is 0 Å². The van der Waals surface area contributed by atoms with E-state index >= 15 is 0 Å². The van der Waals surface area contributed by atoms with E-state index in [2.05, 4.69) is 29.2 Å². The van der Waals surface area contributed by atoms with Crippen LogP contribution in [0, 0.1) is 0 Å². The Morgan fingerprint density at radius 2 is 2.04 bits per heavy atom. The van der Waals surface area contributed by atoms with E-state index < -0.39 is 0 Å². The number of rotatable bonds is 4. The van der Waals surface area contributed by atoms with E-state index in [0.29, 0.717) is 11.5 Å². The molecular weight excluding hydrogens is 312 g/mol. The van der Waals surface area contributed by atoms with Crippen molar-refractivity contribution >= 4 is 11.6 Å². The zero-order chi connectivity index (χ0) is 17.2. The maximum absolute atomic E-state index is 11.4. The molecule has 1 atom stereocenters. The second-order valence-corrected chi connectivity index (χ2v) is 7.03. The Bertz CT molecular complexity index is 764. The Morgan fingerprint density at radius 3 is 2.76 bits per heavy atom. The number of amides is 1. The first-order valence-electron chi connectivity index (χ1n) is 9.05. The summed E-state index contributed by atoms with van der Waals surface area (Å²) in [4.78, 5) is 13.8. The summed E-state index contributed by atoms with van der Waals surface area (Å²) in [6, 6.07) is 14.8. The van der Waals surface area contributed by atoms with Gasteiger partial charge in [-0.05, 0) is 54.2 Å². The highest BCUT2D eigenvalue weighted by Gasteiger charge is 2.20. The molecule has 0 spiro atoms. The Morgan fingerprint density at radius 1 is 1.20 bits per heavy atom. The summed E-state index contributed by atoms with van der Waals surface area (Å²) in [5.41, 5.74) is 11.2. The van der Waals surface area contributed by atoms with Crippen molar-refractivity contribution in [3.05, 3.63) is 64.7 Å². The highest BCUT2D eigenvalue weighted by Crippen LogP contribution is 2.30. The topological polar surface area (TPSA) is 55.6 Å². The van der Waals surface area contributed by atoms with Crippen LogP contribution in [0.4, 0.5) is 5.69 Å². The Kier molecular flexibility index (Phi) is 4.45. The predicted molar refractivity (Wildman–Crippen MR) is 98.9 cm³/mol. The van der Waals surface area contributed by atoms with Crippen molar-refractivity contribution in [3.63, 3.8) is 0 Å². The van der Waals surface area contributed by atoms with Crippen molar-refractivity contribution < 1.29 is 9.53 Å². The molecule has 0 bridgehead atoms. The molecule has 4 rings (SSSR count). The summed E-state index contributed by atoms with van der Waals surface area (Å²) in [7, 11) is 0. The quantitative estimate of drug-likeness (QED) is 0.932. The van der Waals surface area contributed by atoms with Crippen LogP contribution < -0.4 is 10.6 Å². The molecule has 2 N–H and O–H groups in total. The number of hydrogen-bond acceptors (Lipinski definition) is 3. The lowest BCUT2D eigenvalue weighted by atomic mass is 9.96. The molecule has 25 heavy (non-hydrogen) atoms. The van der Waals surface area contributed by atoms with Crippen molar-refractivity contribution in [2.75, 3.05) is 24.7 Å². The van der Waals surface area contributed by atoms with Gasteiger partial charge < -0.3 is 15.4 Å². The summed E-state index contributed by atoms with van der Waals surface area (Å²) in [5, 5.41) is 0. The number of carbonyl (C=O) groups is 1. The molecule has 2 aliphatic heterocycles. The minimum atomic E-state index is -0.355. The third-order valence-corrected chi connectivity index (χ3v) is 5.33. The summed E-state index contributed by atoms with van der Waals surface area (Å²) < 4.78 is 5.49. The van der Waals surface area contributed by atoms with Crippen LogP contribution in [0.5, 0.6) is 0 Å². The van der Waals surface area contributed by atoms with Gasteiger partial charge in [0.2, 0.25) is 5.91 Å². The fraction of sp³-hybridized carbons (Fsp3) is 0.381. The van der Waals surface area contributed by atoms with Gasteiger partial charge in [0.1, 0.15) is 0 Å². The molecule has 2 aromatic rings. The number of hydrogen-bond donors (Lipinski definition) is 1. The fourth-order valence-corrected chi connectivity index (χ4v) is 3.91. The van der Waals surface area contributed by atoms with E-state index in [1.54, 1.807) is 0 Å². The minimum absolute atomic E-state index is 0.355. The first-order chi connectivity index (χ1) is 12.2. The van der Waals surface area contributed by atoms with Crippen LogP contribution in [0.1, 0.15) is 45.8 Å². The normalized spacial score (nSPS) is 19.7. The van der Waals surface area contributed by atoms with Crippen LogP contribution in [0.25, 0.3) is 0 Å². The van der Waals surface area contributed by atoms with Crippen molar-refractivity contribution in [1.29, 1.82) is 0 Å². The zero-order valence-electron chi connectivity index (χ0n) is 14.4. The lowest BCUT2D eigenvalue weighted by molar-refractivity contribution is 0.1000. The summed E-state index contributed by atoms with van der Waals surface area (Å²) in [6.07, 6.45) is 3.24. The number of nitrogens with two attached hydrogens (primary N) is 1. The largest absolute Gasteiger partial charge is 0.381 e. The van der Waals surface area contributed by atoms with Gasteiger partial charge in [0.15, 0.2) is 0 Å². The molecule has 130 valence electrons. The molecule has 4 nitrogen and oxygen atoms in total. The van der Waals surface area contributed by atoms with Gasteiger partial charge in [-0.15, -0.1) is 0 Å². The minimum Gasteiger partial charge on any atom is -0.381 e. The van der Waals surface area contributed by atoms with Crippen molar-refractivity contribution in [2.45, 2.75) is 31.7 Å². The first kappa shape index (κ1) is 16.2. The molecule has 2 aromatic carbocycles. The van der Waals surface area contributed by atoms with E-state index in [1.807, 2.05) is 18.2 Å². The molecule has 0 aromatic heterocycles. The van der Waals surface area contributed by atoms with E-state index in [9.17, 15) is 4.79 Å². The number of benzene rings is 2. The standard InChI is InChI=1S/C21H24N2O2/c22-21(24)18-7-8-20-17(12-18)2-1-10-23(20)13-15-3-5-16(6-4-15)19-9-11-25-14-19/h3-8,12,19H,1-2,9-11,13-14H2,(H2,22,24). The first-order valence-corrected chi connectivity index (χ1v) is 9.05. The number of aryl methyl sites for hydroxylation is 1. The number of nitrogens with zero attached hydrogens (tertiary/aromatic N) is 1. The number of carbonyl (C=O) groups excluding carboxylic acids is 1. The molecule has 2 heterocycles. The molecule has 2 aliphatic rings. The van der Waals surface area contributed by atoms with Gasteiger partial charge in [0.05, 0.1) is 6.61 Å².